The summed E-state index contributed by atoms with van der Waals surface area (Å²) in [5.41, 5.74) is 1.38. The van der Waals surface area contributed by atoms with Gasteiger partial charge in [0.15, 0.2) is 6.23 Å². The molecule has 0 bridgehead atoms. The molecule has 4 rings (SSSR count). The van der Waals surface area contributed by atoms with E-state index in [-0.39, 0.29) is 24.3 Å². The molecule has 0 radical (unpaired) electrons. The first-order chi connectivity index (χ1) is 14.0. The SMILES string of the molecule is O=C1C/C(O[C@H]2NCCOC[C@@H]2O)=C\C=C/C2(CC2)CN1CC1=CC=C(Br)CC1. The van der Waals surface area contributed by atoms with Gasteiger partial charge in [-0.15, -0.1) is 0 Å². The zero-order valence-corrected chi connectivity index (χ0v) is 18.2. The fraction of sp³-hybridized carbons (Fsp3) is 0.591. The normalized spacial score (nSPS) is 32.7. The van der Waals surface area contributed by atoms with Crippen LogP contribution in [0.4, 0.5) is 0 Å². The van der Waals surface area contributed by atoms with Crippen molar-refractivity contribution in [2.24, 2.45) is 5.41 Å². The van der Waals surface area contributed by atoms with Crippen LogP contribution in [-0.4, -0.2) is 61.1 Å². The molecule has 2 fully saturated rings. The average Bonchev–Trinajstić information content (AvgIpc) is 3.48. The van der Waals surface area contributed by atoms with Gasteiger partial charge in [0.2, 0.25) is 5.91 Å². The predicted octanol–water partition coefficient (Wildman–Crippen LogP) is 2.76. The van der Waals surface area contributed by atoms with Gasteiger partial charge in [0, 0.05) is 25.0 Å². The Morgan fingerprint density at radius 2 is 2.17 bits per heavy atom. The van der Waals surface area contributed by atoms with Crippen LogP contribution < -0.4 is 5.32 Å². The van der Waals surface area contributed by atoms with Gasteiger partial charge in [0.1, 0.15) is 11.9 Å². The van der Waals surface area contributed by atoms with E-state index in [0.29, 0.717) is 25.5 Å². The van der Waals surface area contributed by atoms with Crippen LogP contribution in [0.1, 0.15) is 32.1 Å². The first-order valence-corrected chi connectivity index (χ1v) is 11.2. The molecule has 158 valence electrons. The van der Waals surface area contributed by atoms with Crippen molar-refractivity contribution in [2.45, 2.75) is 44.4 Å². The van der Waals surface area contributed by atoms with E-state index in [0.717, 1.165) is 32.2 Å². The van der Waals surface area contributed by atoms with Gasteiger partial charge in [-0.25, -0.2) is 0 Å². The van der Waals surface area contributed by atoms with Gasteiger partial charge in [-0.1, -0.05) is 45.8 Å². The lowest BCUT2D eigenvalue weighted by molar-refractivity contribution is -0.132. The highest BCUT2D eigenvalue weighted by atomic mass is 79.9. The molecule has 7 heteroatoms. The van der Waals surface area contributed by atoms with Gasteiger partial charge in [-0.2, -0.15) is 0 Å². The maximum atomic E-state index is 13.2. The summed E-state index contributed by atoms with van der Waals surface area (Å²) in [5.74, 6) is 0.646. The lowest BCUT2D eigenvalue weighted by atomic mass is 10.0. The van der Waals surface area contributed by atoms with Crippen LogP contribution in [0.15, 0.2) is 46.2 Å². The highest BCUT2D eigenvalue weighted by molar-refractivity contribution is 9.11. The number of aliphatic hydroxyl groups excluding tert-OH is 1. The largest absolute Gasteiger partial charge is 0.476 e. The number of rotatable bonds is 4. The summed E-state index contributed by atoms with van der Waals surface area (Å²) < 4.78 is 12.6. The Bertz CT molecular complexity index is 754. The molecule has 1 saturated heterocycles. The molecule has 2 aliphatic carbocycles. The molecule has 2 heterocycles. The van der Waals surface area contributed by atoms with E-state index < -0.39 is 12.3 Å². The zero-order valence-electron chi connectivity index (χ0n) is 16.6. The van der Waals surface area contributed by atoms with Crippen molar-refractivity contribution >= 4 is 21.8 Å². The van der Waals surface area contributed by atoms with Crippen molar-refractivity contribution in [1.29, 1.82) is 0 Å². The molecular weight excluding hydrogens is 436 g/mol. The Morgan fingerprint density at radius 1 is 1.31 bits per heavy atom. The van der Waals surface area contributed by atoms with E-state index in [2.05, 4.69) is 39.5 Å². The van der Waals surface area contributed by atoms with Crippen molar-refractivity contribution in [3.8, 4) is 0 Å². The van der Waals surface area contributed by atoms with Crippen LogP contribution in [0.2, 0.25) is 0 Å². The number of aliphatic hydroxyl groups is 1. The molecule has 1 saturated carbocycles. The topological polar surface area (TPSA) is 71.0 Å². The van der Waals surface area contributed by atoms with Crippen molar-refractivity contribution in [3.63, 3.8) is 0 Å². The van der Waals surface area contributed by atoms with Crippen LogP contribution in [0, 0.1) is 5.41 Å². The number of hydrogen-bond acceptors (Lipinski definition) is 5. The Balaban J connectivity index is 1.48. The number of hydrogen-bond donors (Lipinski definition) is 2. The Labute approximate surface area is 180 Å². The molecule has 2 aliphatic heterocycles. The van der Waals surface area contributed by atoms with E-state index in [1.807, 2.05) is 17.1 Å². The Hall–Kier alpha value is -1.41. The van der Waals surface area contributed by atoms with Crippen LogP contribution >= 0.6 is 15.9 Å². The summed E-state index contributed by atoms with van der Waals surface area (Å²) in [4.78, 5) is 15.2. The lowest BCUT2D eigenvalue weighted by Gasteiger charge is -2.29. The molecule has 2 atom stereocenters. The maximum absolute atomic E-state index is 13.2. The van der Waals surface area contributed by atoms with E-state index in [1.165, 1.54) is 10.1 Å². The third-order valence-electron chi connectivity index (χ3n) is 5.90. The number of carbonyl (C=O) groups is 1. The second-order valence-corrected chi connectivity index (χ2v) is 9.37. The van der Waals surface area contributed by atoms with Gasteiger partial charge >= 0.3 is 0 Å². The lowest BCUT2D eigenvalue weighted by Crippen LogP contribution is -2.43. The standard InChI is InChI=1S/C22H29BrN2O4/c23-17-5-3-16(4-6-17)13-25-15-22(8-9-22)7-1-2-18(12-20(25)27)29-21-19(26)14-28-11-10-24-21/h1-3,5,7,19,21,24,26H,4,6,8-15H2/b7-1-,18-2+/t19-,21+/m0/s1. The molecule has 29 heavy (non-hydrogen) atoms. The molecule has 4 aliphatic rings. The molecule has 2 N–H and O–H groups in total. The monoisotopic (exact) mass is 464 g/mol. The predicted molar refractivity (Wildman–Crippen MR) is 114 cm³/mol. The third kappa shape index (κ3) is 5.60. The van der Waals surface area contributed by atoms with Gasteiger partial charge in [0.05, 0.1) is 19.6 Å². The smallest absolute Gasteiger partial charge is 0.230 e. The molecule has 6 nitrogen and oxygen atoms in total. The first-order valence-electron chi connectivity index (χ1n) is 10.4. The van der Waals surface area contributed by atoms with Gasteiger partial charge < -0.3 is 19.5 Å². The molecule has 0 aromatic rings. The average molecular weight is 465 g/mol. The van der Waals surface area contributed by atoms with E-state index in [4.69, 9.17) is 9.47 Å². The number of amides is 1. The minimum Gasteiger partial charge on any atom is -0.476 e. The van der Waals surface area contributed by atoms with Gasteiger partial charge in [-0.05, 0) is 36.2 Å². The number of ether oxygens (including phenoxy) is 2. The van der Waals surface area contributed by atoms with Crippen molar-refractivity contribution in [2.75, 3.05) is 32.8 Å². The number of carbonyl (C=O) groups excluding carboxylic acids is 1. The summed E-state index contributed by atoms with van der Waals surface area (Å²) in [5, 5.41) is 13.4. The molecule has 0 unspecified atom stereocenters. The summed E-state index contributed by atoms with van der Waals surface area (Å²) in [7, 11) is 0. The molecular formula is C22H29BrN2O4. The molecule has 1 amide bonds. The van der Waals surface area contributed by atoms with Crippen LogP contribution in [0.25, 0.3) is 0 Å². The molecule has 1 spiro atoms. The minimum atomic E-state index is -0.770. The Morgan fingerprint density at radius 3 is 2.93 bits per heavy atom. The van der Waals surface area contributed by atoms with Crippen LogP contribution in [-0.2, 0) is 14.3 Å². The van der Waals surface area contributed by atoms with E-state index >= 15 is 0 Å². The van der Waals surface area contributed by atoms with Gasteiger partial charge in [-0.3, -0.25) is 10.1 Å². The molecule has 0 aromatic heterocycles. The minimum absolute atomic E-state index is 0.0695. The van der Waals surface area contributed by atoms with Crippen LogP contribution in [0.5, 0.6) is 0 Å². The zero-order chi connectivity index (χ0) is 20.3. The summed E-state index contributed by atoms with van der Waals surface area (Å²) in [6, 6.07) is 0. The van der Waals surface area contributed by atoms with Crippen molar-refractivity contribution < 1.29 is 19.4 Å². The van der Waals surface area contributed by atoms with Crippen LogP contribution in [0.3, 0.4) is 0 Å². The van der Waals surface area contributed by atoms with Gasteiger partial charge in [0.25, 0.3) is 0 Å². The second-order valence-electron chi connectivity index (χ2n) is 8.35. The number of nitrogens with one attached hydrogen (secondary N) is 1. The fourth-order valence-corrected chi connectivity index (χ4v) is 4.26. The summed E-state index contributed by atoms with van der Waals surface area (Å²) >= 11 is 3.55. The van der Waals surface area contributed by atoms with E-state index in [9.17, 15) is 9.90 Å². The molecule has 0 aromatic carbocycles. The number of allylic oxidation sites excluding steroid dienone is 5. The highest BCUT2D eigenvalue weighted by Crippen LogP contribution is 2.48. The number of halogens is 1. The first kappa shape index (κ1) is 20.8. The van der Waals surface area contributed by atoms with Crippen molar-refractivity contribution in [3.05, 3.63) is 46.2 Å². The second kappa shape index (κ2) is 9.16. The summed E-state index contributed by atoms with van der Waals surface area (Å²) in [6.07, 6.45) is 13.4. The van der Waals surface area contributed by atoms with E-state index in [1.54, 1.807) is 0 Å². The fourth-order valence-electron chi connectivity index (χ4n) is 3.93. The highest BCUT2D eigenvalue weighted by Gasteiger charge is 2.43. The Kier molecular flexibility index (Phi) is 6.59. The quantitative estimate of drug-likeness (QED) is 0.669. The summed E-state index contributed by atoms with van der Waals surface area (Å²) in [6.45, 7) is 2.78. The number of nitrogens with zero attached hydrogens (tertiary/aromatic N) is 1. The maximum Gasteiger partial charge on any atom is 0.230 e. The third-order valence-corrected chi connectivity index (χ3v) is 6.56. The van der Waals surface area contributed by atoms with Crippen molar-refractivity contribution in [1.82, 2.24) is 10.2 Å².